The fourth-order valence-electron chi connectivity index (χ4n) is 3.24. The number of halogens is 1. The maximum absolute atomic E-state index is 12.9. The van der Waals surface area contributed by atoms with Gasteiger partial charge in [0.2, 0.25) is 15.9 Å². The zero-order valence-corrected chi connectivity index (χ0v) is 18.0. The summed E-state index contributed by atoms with van der Waals surface area (Å²) >= 11 is 3.33. The molecule has 6 nitrogen and oxygen atoms in total. The van der Waals surface area contributed by atoms with Crippen molar-refractivity contribution < 1.29 is 17.9 Å². The number of nitrogens with one attached hydrogen (secondary N) is 1. The molecule has 0 aromatic heterocycles. The fraction of sp³-hybridized carbons (Fsp3) is 0.350. The molecule has 1 fully saturated rings. The smallest absolute Gasteiger partial charge is 0.243 e. The van der Waals surface area contributed by atoms with E-state index in [1.54, 1.807) is 12.1 Å². The minimum absolute atomic E-state index is 0.0203. The van der Waals surface area contributed by atoms with E-state index < -0.39 is 10.0 Å². The largest absolute Gasteiger partial charge is 0.496 e. The molecule has 28 heavy (non-hydrogen) atoms. The third kappa shape index (κ3) is 4.74. The number of sulfonamides is 1. The summed E-state index contributed by atoms with van der Waals surface area (Å²) in [6, 6.07) is 14.4. The van der Waals surface area contributed by atoms with Gasteiger partial charge in [0.05, 0.1) is 16.5 Å². The molecule has 150 valence electrons. The second-order valence-corrected chi connectivity index (χ2v) is 9.47. The second kappa shape index (κ2) is 9.07. The van der Waals surface area contributed by atoms with Crippen LogP contribution in [0.5, 0.6) is 5.75 Å². The number of benzene rings is 2. The molecule has 0 radical (unpaired) electrons. The average Bonchev–Trinajstić information content (AvgIpc) is 2.72. The van der Waals surface area contributed by atoms with Gasteiger partial charge in [-0.2, -0.15) is 4.31 Å². The van der Waals surface area contributed by atoms with Gasteiger partial charge in [-0.25, -0.2) is 8.42 Å². The number of methoxy groups -OCH3 is 1. The van der Waals surface area contributed by atoms with Crippen molar-refractivity contribution in [3.63, 3.8) is 0 Å². The molecule has 1 N–H and O–H groups in total. The first kappa shape index (κ1) is 20.8. The van der Waals surface area contributed by atoms with Gasteiger partial charge in [-0.3, -0.25) is 4.79 Å². The van der Waals surface area contributed by atoms with E-state index in [0.29, 0.717) is 42.7 Å². The Bertz CT molecular complexity index is 926. The van der Waals surface area contributed by atoms with Gasteiger partial charge in [-0.05, 0) is 52.5 Å². The van der Waals surface area contributed by atoms with Crippen molar-refractivity contribution in [3.05, 3.63) is 58.6 Å². The molecule has 0 unspecified atom stereocenters. The van der Waals surface area contributed by atoms with Crippen LogP contribution in [0.3, 0.4) is 0 Å². The Morgan fingerprint density at radius 1 is 1.18 bits per heavy atom. The van der Waals surface area contributed by atoms with Gasteiger partial charge < -0.3 is 10.1 Å². The molecule has 0 aliphatic carbocycles. The Hall–Kier alpha value is -1.90. The third-order valence-electron chi connectivity index (χ3n) is 4.90. The van der Waals surface area contributed by atoms with Gasteiger partial charge in [0.1, 0.15) is 5.75 Å². The number of nitrogens with zero attached hydrogens (tertiary/aromatic N) is 1. The van der Waals surface area contributed by atoms with Crippen LogP contribution >= 0.6 is 15.9 Å². The Morgan fingerprint density at radius 2 is 1.86 bits per heavy atom. The van der Waals surface area contributed by atoms with E-state index in [1.165, 1.54) is 17.5 Å². The summed E-state index contributed by atoms with van der Waals surface area (Å²) in [6.07, 6.45) is 1.02. The quantitative estimate of drug-likeness (QED) is 0.708. The predicted octanol–water partition coefficient (Wildman–Crippen LogP) is 3.17. The average molecular weight is 467 g/mol. The van der Waals surface area contributed by atoms with Crippen LogP contribution < -0.4 is 10.1 Å². The number of hydrogen-bond donors (Lipinski definition) is 1. The van der Waals surface area contributed by atoms with Crippen molar-refractivity contribution in [2.24, 2.45) is 5.92 Å². The number of amides is 1. The number of ether oxygens (including phenoxy) is 1. The van der Waals surface area contributed by atoms with E-state index in [9.17, 15) is 13.2 Å². The van der Waals surface area contributed by atoms with Crippen molar-refractivity contribution in [2.75, 3.05) is 20.2 Å². The summed E-state index contributed by atoms with van der Waals surface area (Å²) in [5.74, 6) is 0.388. The number of rotatable bonds is 6. The van der Waals surface area contributed by atoms with Crippen LogP contribution in [-0.2, 0) is 21.4 Å². The van der Waals surface area contributed by atoms with Crippen molar-refractivity contribution in [1.29, 1.82) is 0 Å². The third-order valence-corrected chi connectivity index (χ3v) is 7.41. The fourth-order valence-corrected chi connectivity index (χ4v) is 5.43. The van der Waals surface area contributed by atoms with Crippen molar-refractivity contribution in [1.82, 2.24) is 9.62 Å². The van der Waals surface area contributed by atoms with Crippen LogP contribution in [0.15, 0.2) is 57.9 Å². The van der Waals surface area contributed by atoms with Crippen LogP contribution in [0, 0.1) is 5.92 Å². The summed E-state index contributed by atoms with van der Waals surface area (Å²) < 4.78 is 33.0. The van der Waals surface area contributed by atoms with E-state index in [4.69, 9.17) is 4.74 Å². The van der Waals surface area contributed by atoms with E-state index in [0.717, 1.165) is 5.56 Å². The molecule has 0 spiro atoms. The molecule has 0 saturated carbocycles. The Morgan fingerprint density at radius 3 is 2.46 bits per heavy atom. The van der Waals surface area contributed by atoms with Gasteiger partial charge in [-0.1, -0.05) is 30.3 Å². The molecule has 1 saturated heterocycles. The van der Waals surface area contributed by atoms with Crippen LogP contribution in [0.4, 0.5) is 0 Å². The van der Waals surface area contributed by atoms with E-state index >= 15 is 0 Å². The predicted molar refractivity (Wildman–Crippen MR) is 110 cm³/mol. The topological polar surface area (TPSA) is 75.7 Å². The van der Waals surface area contributed by atoms with Crippen molar-refractivity contribution >= 4 is 31.9 Å². The lowest BCUT2D eigenvalue weighted by Gasteiger charge is -2.30. The SMILES string of the molecule is COc1ccc(S(=O)(=O)N2CCC(C(=O)NCc3ccccc3)CC2)cc1Br. The molecule has 2 aromatic carbocycles. The number of piperidine rings is 1. The Labute approximate surface area is 174 Å². The minimum atomic E-state index is -3.60. The second-order valence-electron chi connectivity index (χ2n) is 6.68. The van der Waals surface area contributed by atoms with Crippen LogP contribution in [0.1, 0.15) is 18.4 Å². The molecular weight excluding hydrogens is 444 g/mol. The lowest BCUT2D eigenvalue weighted by atomic mass is 9.97. The van der Waals surface area contributed by atoms with Crippen molar-refractivity contribution in [2.45, 2.75) is 24.3 Å². The molecule has 8 heteroatoms. The van der Waals surface area contributed by atoms with Gasteiger partial charge in [0.15, 0.2) is 0 Å². The zero-order chi connectivity index (χ0) is 20.1. The van der Waals surface area contributed by atoms with Gasteiger partial charge in [0, 0.05) is 25.6 Å². The maximum Gasteiger partial charge on any atom is 0.243 e. The van der Waals surface area contributed by atoms with E-state index in [2.05, 4.69) is 21.2 Å². The summed E-state index contributed by atoms with van der Waals surface area (Å²) in [5.41, 5.74) is 1.04. The highest BCUT2D eigenvalue weighted by Crippen LogP contribution is 2.30. The highest BCUT2D eigenvalue weighted by molar-refractivity contribution is 9.10. The minimum Gasteiger partial charge on any atom is -0.496 e. The van der Waals surface area contributed by atoms with E-state index in [-0.39, 0.29) is 16.7 Å². The molecule has 1 amide bonds. The first-order chi connectivity index (χ1) is 13.4. The van der Waals surface area contributed by atoms with Crippen LogP contribution in [0.2, 0.25) is 0 Å². The maximum atomic E-state index is 12.9. The first-order valence-corrected chi connectivity index (χ1v) is 11.3. The lowest BCUT2D eigenvalue weighted by molar-refractivity contribution is -0.126. The van der Waals surface area contributed by atoms with Crippen LogP contribution in [0.25, 0.3) is 0 Å². The molecule has 1 heterocycles. The number of carbonyl (C=O) groups excluding carboxylic acids is 1. The standard InChI is InChI=1S/C20H23BrN2O4S/c1-27-19-8-7-17(13-18(19)21)28(25,26)23-11-9-16(10-12-23)20(24)22-14-15-5-3-2-4-6-15/h2-8,13,16H,9-12,14H2,1H3,(H,22,24). The summed E-state index contributed by atoms with van der Waals surface area (Å²) in [6.45, 7) is 1.14. The molecule has 2 aromatic rings. The highest BCUT2D eigenvalue weighted by atomic mass is 79.9. The van der Waals surface area contributed by atoms with Crippen LogP contribution in [-0.4, -0.2) is 38.8 Å². The highest BCUT2D eigenvalue weighted by Gasteiger charge is 2.32. The Kier molecular flexibility index (Phi) is 6.74. The number of carbonyl (C=O) groups is 1. The van der Waals surface area contributed by atoms with Gasteiger partial charge in [-0.15, -0.1) is 0 Å². The van der Waals surface area contributed by atoms with Gasteiger partial charge >= 0.3 is 0 Å². The molecular formula is C20H23BrN2O4S. The number of hydrogen-bond acceptors (Lipinski definition) is 4. The molecule has 3 rings (SSSR count). The summed E-state index contributed by atoms with van der Waals surface area (Å²) in [7, 11) is -2.07. The van der Waals surface area contributed by atoms with Gasteiger partial charge in [0.25, 0.3) is 0 Å². The Balaban J connectivity index is 1.58. The monoisotopic (exact) mass is 466 g/mol. The summed E-state index contributed by atoms with van der Waals surface area (Å²) in [4.78, 5) is 12.6. The normalized spacial score (nSPS) is 15.9. The molecule has 1 aliphatic heterocycles. The van der Waals surface area contributed by atoms with Crippen molar-refractivity contribution in [3.8, 4) is 5.75 Å². The summed E-state index contributed by atoms with van der Waals surface area (Å²) in [5, 5.41) is 2.95. The zero-order valence-electron chi connectivity index (χ0n) is 15.6. The molecule has 0 atom stereocenters. The first-order valence-electron chi connectivity index (χ1n) is 9.07. The molecule has 1 aliphatic rings. The lowest BCUT2D eigenvalue weighted by Crippen LogP contribution is -2.42. The van der Waals surface area contributed by atoms with E-state index in [1.807, 2.05) is 30.3 Å². The molecule has 0 bridgehead atoms.